The van der Waals surface area contributed by atoms with Crippen LogP contribution < -0.4 is 5.32 Å². The summed E-state index contributed by atoms with van der Waals surface area (Å²) in [6, 6.07) is 6.95. The third kappa shape index (κ3) is 2.29. The molecule has 0 saturated carbocycles. The van der Waals surface area contributed by atoms with Gasteiger partial charge in [0.1, 0.15) is 0 Å². The molecule has 0 aliphatic carbocycles. The Kier molecular flexibility index (Phi) is 3.48. The number of rotatable bonds is 3. The number of ether oxygens (including phenoxy) is 1. The summed E-state index contributed by atoms with van der Waals surface area (Å²) in [5.74, 6) is -1.05. The van der Waals surface area contributed by atoms with Crippen LogP contribution in [0.4, 0.5) is 5.69 Å². The zero-order valence-corrected chi connectivity index (χ0v) is 11.2. The summed E-state index contributed by atoms with van der Waals surface area (Å²) in [7, 11) is 1.49. The Bertz CT molecular complexity index is 571. The van der Waals surface area contributed by atoms with Crippen LogP contribution in [0.1, 0.15) is 12.5 Å². The molecule has 100 valence electrons. The van der Waals surface area contributed by atoms with Gasteiger partial charge in [0.2, 0.25) is 5.60 Å². The lowest BCUT2D eigenvalue weighted by molar-refractivity contribution is -0.159. The van der Waals surface area contributed by atoms with E-state index < -0.39 is 17.5 Å². The highest BCUT2D eigenvalue weighted by Crippen LogP contribution is 2.41. The second-order valence-electron chi connectivity index (χ2n) is 4.02. The van der Waals surface area contributed by atoms with Crippen molar-refractivity contribution in [3.05, 3.63) is 46.4 Å². The molecule has 19 heavy (non-hydrogen) atoms. The molecule has 1 aromatic rings. The summed E-state index contributed by atoms with van der Waals surface area (Å²) < 4.78 is 5.24. The number of fused-ring (bicyclic) bond motifs is 1. The van der Waals surface area contributed by atoms with Gasteiger partial charge < -0.3 is 15.4 Å². The fourth-order valence-corrected chi connectivity index (χ4v) is 2.14. The van der Waals surface area contributed by atoms with E-state index in [0.717, 1.165) is 0 Å². The van der Waals surface area contributed by atoms with E-state index in [1.165, 1.54) is 20.0 Å². The average Bonchev–Trinajstić information content (AvgIpc) is 2.62. The number of halogens is 1. The fourth-order valence-electron chi connectivity index (χ4n) is 1.99. The molecule has 1 aromatic carbocycles. The molecule has 1 unspecified atom stereocenters. The molecular formula is C13H12ClN2O3-. The number of para-hydroxylation sites is 1. The summed E-state index contributed by atoms with van der Waals surface area (Å²) >= 11 is 5.87. The Morgan fingerprint density at radius 3 is 2.79 bits per heavy atom. The van der Waals surface area contributed by atoms with Crippen LogP contribution in [-0.4, -0.2) is 18.9 Å². The number of amides is 1. The van der Waals surface area contributed by atoms with E-state index in [9.17, 15) is 9.59 Å². The summed E-state index contributed by atoms with van der Waals surface area (Å²) in [5.41, 5.74) is -0.429. The van der Waals surface area contributed by atoms with Crippen molar-refractivity contribution in [1.29, 1.82) is 0 Å². The van der Waals surface area contributed by atoms with Crippen LogP contribution in [-0.2, 0) is 19.9 Å². The Morgan fingerprint density at radius 2 is 2.16 bits per heavy atom. The second kappa shape index (κ2) is 4.93. The normalized spacial score (nSPS) is 21.6. The topological polar surface area (TPSA) is 69.5 Å². The predicted octanol–water partition coefficient (Wildman–Crippen LogP) is 2.48. The van der Waals surface area contributed by atoms with Gasteiger partial charge in [0.15, 0.2) is 0 Å². The first-order valence-corrected chi connectivity index (χ1v) is 5.96. The molecule has 0 aromatic heterocycles. The zero-order chi connectivity index (χ0) is 14.0. The Hall–Kier alpha value is -2.01. The highest BCUT2D eigenvalue weighted by atomic mass is 35.5. The first kappa shape index (κ1) is 13.4. The highest BCUT2D eigenvalue weighted by Gasteiger charge is 2.48. The van der Waals surface area contributed by atoms with Crippen molar-refractivity contribution in [2.75, 3.05) is 12.4 Å². The monoisotopic (exact) mass is 279 g/mol. The number of anilines is 1. The lowest BCUT2D eigenvalue weighted by Crippen LogP contribution is -2.37. The minimum atomic E-state index is -1.56. The number of benzene rings is 1. The predicted molar refractivity (Wildman–Crippen MR) is 71.7 cm³/mol. The van der Waals surface area contributed by atoms with Gasteiger partial charge in [-0.15, -0.1) is 18.6 Å². The van der Waals surface area contributed by atoms with Gasteiger partial charge in [-0.2, -0.15) is 0 Å². The molecular weight excluding hydrogens is 268 g/mol. The van der Waals surface area contributed by atoms with E-state index in [4.69, 9.17) is 16.3 Å². The molecule has 0 saturated heterocycles. The molecule has 0 radical (unpaired) electrons. The van der Waals surface area contributed by atoms with E-state index in [2.05, 4.69) is 10.6 Å². The van der Waals surface area contributed by atoms with Gasteiger partial charge in [-0.05, 0) is 12.1 Å². The molecule has 1 heterocycles. The molecule has 1 aliphatic rings. The minimum Gasteiger partial charge on any atom is -0.677 e. The SMILES string of the molecule is C[N-]C(Cl)=CC1(OC(C)=O)C(=O)Nc2ccccc21. The number of nitrogens with zero attached hydrogens (tertiary/aromatic N) is 1. The molecule has 1 atom stereocenters. The smallest absolute Gasteiger partial charge is 0.304 e. The van der Waals surface area contributed by atoms with Gasteiger partial charge in [-0.25, -0.2) is 0 Å². The lowest BCUT2D eigenvalue weighted by atomic mass is 9.95. The second-order valence-corrected chi connectivity index (χ2v) is 4.41. The van der Waals surface area contributed by atoms with Gasteiger partial charge in [0, 0.05) is 18.2 Å². The van der Waals surface area contributed by atoms with Crippen molar-refractivity contribution in [2.24, 2.45) is 0 Å². The standard InChI is InChI=1S/C13H12ClN2O3/c1-8(17)19-13(7-11(14)15-2)9-5-3-4-6-10(9)16-12(13)18/h3-7H,1-2H3,(H,16,18)/q-1. The lowest BCUT2D eigenvalue weighted by Gasteiger charge is -2.26. The van der Waals surface area contributed by atoms with Gasteiger partial charge >= 0.3 is 5.97 Å². The Labute approximate surface area is 115 Å². The molecule has 5 nitrogen and oxygen atoms in total. The van der Waals surface area contributed by atoms with Gasteiger partial charge in [0.05, 0.1) is 0 Å². The van der Waals surface area contributed by atoms with Crippen LogP contribution in [0.3, 0.4) is 0 Å². The van der Waals surface area contributed by atoms with Crippen LogP contribution in [0.15, 0.2) is 35.5 Å². The molecule has 2 rings (SSSR count). The summed E-state index contributed by atoms with van der Waals surface area (Å²) in [5, 5.41) is 6.52. The number of carbonyl (C=O) groups is 2. The first-order valence-electron chi connectivity index (χ1n) is 5.58. The van der Waals surface area contributed by atoms with Gasteiger partial charge in [0.25, 0.3) is 5.91 Å². The van der Waals surface area contributed by atoms with E-state index >= 15 is 0 Å². The Balaban J connectivity index is 2.61. The van der Waals surface area contributed by atoms with E-state index in [1.54, 1.807) is 24.3 Å². The first-order chi connectivity index (χ1) is 8.99. The molecule has 1 aliphatic heterocycles. The van der Waals surface area contributed by atoms with Crippen LogP contribution >= 0.6 is 11.6 Å². The largest absolute Gasteiger partial charge is 0.677 e. The van der Waals surface area contributed by atoms with Crippen LogP contribution in [0, 0.1) is 0 Å². The maximum Gasteiger partial charge on any atom is 0.304 e. The number of esters is 1. The minimum absolute atomic E-state index is 0.0908. The van der Waals surface area contributed by atoms with E-state index in [-0.39, 0.29) is 5.16 Å². The van der Waals surface area contributed by atoms with Crippen molar-refractivity contribution in [2.45, 2.75) is 12.5 Å². The van der Waals surface area contributed by atoms with Gasteiger partial charge in [-0.3, -0.25) is 9.59 Å². The van der Waals surface area contributed by atoms with Crippen molar-refractivity contribution in [1.82, 2.24) is 0 Å². The maximum atomic E-state index is 12.2. The summed E-state index contributed by atoms with van der Waals surface area (Å²) in [4.78, 5) is 23.5. The number of carbonyl (C=O) groups excluding carboxylic acids is 2. The van der Waals surface area contributed by atoms with Crippen LogP contribution in [0.25, 0.3) is 5.32 Å². The van der Waals surface area contributed by atoms with Crippen molar-refractivity contribution < 1.29 is 14.3 Å². The van der Waals surface area contributed by atoms with Crippen molar-refractivity contribution >= 4 is 29.2 Å². The van der Waals surface area contributed by atoms with Crippen LogP contribution in [0.5, 0.6) is 0 Å². The van der Waals surface area contributed by atoms with Crippen molar-refractivity contribution in [3.8, 4) is 0 Å². The van der Waals surface area contributed by atoms with Crippen molar-refractivity contribution in [3.63, 3.8) is 0 Å². The van der Waals surface area contributed by atoms with E-state index in [1.807, 2.05) is 0 Å². The fraction of sp³-hybridized carbons (Fsp3) is 0.231. The summed E-state index contributed by atoms with van der Waals surface area (Å²) in [6.45, 7) is 1.24. The average molecular weight is 280 g/mol. The molecule has 1 amide bonds. The maximum absolute atomic E-state index is 12.2. The third-order valence-corrected chi connectivity index (χ3v) is 3.03. The van der Waals surface area contributed by atoms with Crippen LogP contribution in [0.2, 0.25) is 0 Å². The number of hydrogen-bond donors (Lipinski definition) is 1. The molecule has 0 bridgehead atoms. The molecule has 6 heteroatoms. The third-order valence-electron chi connectivity index (χ3n) is 2.75. The molecule has 1 N–H and O–H groups in total. The Morgan fingerprint density at radius 1 is 1.47 bits per heavy atom. The number of hydrogen-bond acceptors (Lipinski definition) is 3. The highest BCUT2D eigenvalue weighted by molar-refractivity contribution is 6.31. The number of nitrogens with one attached hydrogen (secondary N) is 1. The summed E-state index contributed by atoms with van der Waals surface area (Å²) in [6.07, 6.45) is 1.33. The molecule has 0 fully saturated rings. The van der Waals surface area contributed by atoms with E-state index in [0.29, 0.717) is 11.3 Å². The zero-order valence-electron chi connectivity index (χ0n) is 10.4. The quantitative estimate of drug-likeness (QED) is 0.682. The molecule has 0 spiro atoms. The van der Waals surface area contributed by atoms with Gasteiger partial charge in [-0.1, -0.05) is 23.4 Å².